The van der Waals surface area contributed by atoms with E-state index >= 15 is 0 Å². The van der Waals surface area contributed by atoms with Crippen molar-refractivity contribution < 1.29 is 0 Å². The third-order valence-electron chi connectivity index (χ3n) is 13.5. The molecule has 0 spiro atoms. The lowest BCUT2D eigenvalue weighted by atomic mass is 9.98. The van der Waals surface area contributed by atoms with E-state index in [1.807, 2.05) is 0 Å². The van der Waals surface area contributed by atoms with E-state index in [0.717, 1.165) is 39.5 Å². The molecular formula is C63H43N3. The standard InChI is InChI=1S/C63H43N3/c1-42-36-38-47(39-37-42)64(58-32-14-34-60-62(58)54-26-6-8-30-56(54)65(60)48-22-10-20-45(40-48)52-28-12-18-43-16-2-4-24-50(43)52)59-33-15-35-61-63(59)55-27-7-9-31-57(55)66(61)49-23-11-21-46(41-49)53-29-13-19-44-17-3-5-25-51(44)53/h2-41H,1H3. The lowest BCUT2D eigenvalue weighted by Crippen LogP contribution is -2.11. The van der Waals surface area contributed by atoms with E-state index in [0.29, 0.717) is 0 Å². The maximum Gasteiger partial charge on any atom is 0.0562 e. The summed E-state index contributed by atoms with van der Waals surface area (Å²) in [6.45, 7) is 2.16. The highest BCUT2D eigenvalue weighted by atomic mass is 15.2. The van der Waals surface area contributed by atoms with Crippen LogP contribution >= 0.6 is 0 Å². The fraction of sp³-hybridized carbons (Fsp3) is 0.0159. The van der Waals surface area contributed by atoms with Gasteiger partial charge in [0.2, 0.25) is 0 Å². The van der Waals surface area contributed by atoms with Gasteiger partial charge in [-0.15, -0.1) is 0 Å². The van der Waals surface area contributed by atoms with Crippen LogP contribution in [0.5, 0.6) is 0 Å². The molecule has 11 aromatic carbocycles. The predicted octanol–water partition coefficient (Wildman–Crippen LogP) is 17.3. The third kappa shape index (κ3) is 5.98. The van der Waals surface area contributed by atoms with Gasteiger partial charge in [-0.05, 0) is 124 Å². The first-order valence-corrected chi connectivity index (χ1v) is 22.8. The van der Waals surface area contributed by atoms with Crippen LogP contribution in [-0.4, -0.2) is 9.13 Å². The van der Waals surface area contributed by atoms with Gasteiger partial charge in [-0.2, -0.15) is 0 Å². The Morgan fingerprint density at radius 3 is 1.21 bits per heavy atom. The van der Waals surface area contributed by atoms with E-state index in [2.05, 4.69) is 264 Å². The molecule has 310 valence electrons. The smallest absolute Gasteiger partial charge is 0.0562 e. The zero-order valence-corrected chi connectivity index (χ0v) is 36.4. The van der Waals surface area contributed by atoms with Crippen molar-refractivity contribution >= 4 is 82.2 Å². The molecule has 0 radical (unpaired) electrons. The number of hydrogen-bond donors (Lipinski definition) is 0. The van der Waals surface area contributed by atoms with Gasteiger partial charge in [0.15, 0.2) is 0 Å². The van der Waals surface area contributed by atoms with Crippen molar-refractivity contribution in [1.29, 1.82) is 0 Å². The first-order valence-electron chi connectivity index (χ1n) is 22.8. The summed E-state index contributed by atoms with van der Waals surface area (Å²) in [5.41, 5.74) is 16.3. The molecule has 0 aliphatic carbocycles. The third-order valence-corrected chi connectivity index (χ3v) is 13.5. The topological polar surface area (TPSA) is 13.1 Å². The molecular weight excluding hydrogens is 799 g/mol. The summed E-state index contributed by atoms with van der Waals surface area (Å²) in [6.07, 6.45) is 0. The first-order chi connectivity index (χ1) is 32.7. The fourth-order valence-electron chi connectivity index (χ4n) is 10.6. The molecule has 0 N–H and O–H groups in total. The average molecular weight is 842 g/mol. The minimum absolute atomic E-state index is 1.10. The summed E-state index contributed by atoms with van der Waals surface area (Å²) in [5, 5.41) is 9.80. The molecule has 0 saturated heterocycles. The van der Waals surface area contributed by atoms with Crippen molar-refractivity contribution in [3.8, 4) is 33.6 Å². The number of nitrogens with zero attached hydrogens (tertiary/aromatic N) is 3. The SMILES string of the molecule is Cc1ccc(N(c2cccc3c2c2ccccc2n3-c2cccc(-c3cccc4ccccc34)c2)c2cccc3c2c2ccccc2n3-c2cccc(-c3cccc4ccccc34)c2)cc1. The van der Waals surface area contributed by atoms with Crippen LogP contribution in [0.1, 0.15) is 5.56 Å². The van der Waals surface area contributed by atoms with Crippen LogP contribution in [0.15, 0.2) is 243 Å². The van der Waals surface area contributed by atoms with Gasteiger partial charge in [-0.25, -0.2) is 0 Å². The van der Waals surface area contributed by atoms with Crippen molar-refractivity contribution in [3.63, 3.8) is 0 Å². The minimum atomic E-state index is 1.10. The number of aromatic nitrogens is 2. The Morgan fingerprint density at radius 1 is 0.318 bits per heavy atom. The summed E-state index contributed by atoms with van der Waals surface area (Å²) < 4.78 is 4.90. The largest absolute Gasteiger partial charge is 0.309 e. The quantitative estimate of drug-likeness (QED) is 0.156. The molecule has 0 atom stereocenters. The molecule has 0 aliphatic heterocycles. The number of para-hydroxylation sites is 2. The fourth-order valence-corrected chi connectivity index (χ4v) is 10.6. The molecule has 3 heteroatoms. The predicted molar refractivity (Wildman–Crippen MR) is 280 cm³/mol. The summed E-state index contributed by atoms with van der Waals surface area (Å²) in [6, 6.07) is 89.0. The number of hydrogen-bond acceptors (Lipinski definition) is 1. The lowest BCUT2D eigenvalue weighted by Gasteiger charge is -2.27. The van der Waals surface area contributed by atoms with E-state index in [1.165, 1.54) is 81.9 Å². The van der Waals surface area contributed by atoms with Gasteiger partial charge in [0.25, 0.3) is 0 Å². The monoisotopic (exact) mass is 841 g/mol. The van der Waals surface area contributed by atoms with E-state index < -0.39 is 0 Å². The number of rotatable bonds is 7. The lowest BCUT2D eigenvalue weighted by molar-refractivity contribution is 1.18. The molecule has 0 saturated carbocycles. The molecule has 0 fully saturated rings. The van der Waals surface area contributed by atoms with E-state index in [4.69, 9.17) is 0 Å². The zero-order chi connectivity index (χ0) is 43.7. The maximum atomic E-state index is 2.50. The van der Waals surface area contributed by atoms with Crippen LogP contribution in [0, 0.1) is 6.92 Å². The highest BCUT2D eigenvalue weighted by molar-refractivity contribution is 6.21. The number of benzene rings is 11. The van der Waals surface area contributed by atoms with E-state index in [-0.39, 0.29) is 0 Å². The Hall–Kier alpha value is -8.66. The van der Waals surface area contributed by atoms with Gasteiger partial charge in [0.1, 0.15) is 0 Å². The summed E-state index contributed by atoms with van der Waals surface area (Å²) >= 11 is 0. The van der Waals surface area contributed by atoms with Gasteiger partial charge in [-0.3, -0.25) is 0 Å². The number of anilines is 3. The van der Waals surface area contributed by atoms with Gasteiger partial charge in [0.05, 0.1) is 33.4 Å². The van der Waals surface area contributed by atoms with Gasteiger partial charge >= 0.3 is 0 Å². The molecule has 0 aliphatic rings. The summed E-state index contributed by atoms with van der Waals surface area (Å²) in [5.74, 6) is 0. The summed E-state index contributed by atoms with van der Waals surface area (Å²) in [4.78, 5) is 2.50. The van der Waals surface area contributed by atoms with Crippen molar-refractivity contribution in [3.05, 3.63) is 248 Å². The van der Waals surface area contributed by atoms with Crippen LogP contribution in [0.4, 0.5) is 17.1 Å². The second kappa shape index (κ2) is 15.3. The Bertz CT molecular complexity index is 3770. The molecule has 0 unspecified atom stereocenters. The normalized spacial score (nSPS) is 11.7. The second-order valence-corrected chi connectivity index (χ2v) is 17.4. The van der Waals surface area contributed by atoms with Crippen LogP contribution in [-0.2, 0) is 0 Å². The molecule has 2 heterocycles. The van der Waals surface area contributed by atoms with Crippen molar-refractivity contribution in [2.75, 3.05) is 4.90 Å². The van der Waals surface area contributed by atoms with Crippen LogP contribution in [0.25, 0.3) is 98.8 Å². The van der Waals surface area contributed by atoms with Crippen molar-refractivity contribution in [2.45, 2.75) is 6.92 Å². The van der Waals surface area contributed by atoms with E-state index in [9.17, 15) is 0 Å². The van der Waals surface area contributed by atoms with Crippen LogP contribution < -0.4 is 4.90 Å². The molecule has 66 heavy (non-hydrogen) atoms. The first kappa shape index (κ1) is 37.9. The van der Waals surface area contributed by atoms with E-state index in [1.54, 1.807) is 0 Å². The average Bonchev–Trinajstić information content (AvgIpc) is 3.91. The number of aryl methyl sites for hydroxylation is 1. The molecule has 2 aromatic heterocycles. The Balaban J connectivity index is 1.05. The number of fused-ring (bicyclic) bond motifs is 8. The van der Waals surface area contributed by atoms with Crippen LogP contribution in [0.2, 0.25) is 0 Å². The molecule has 13 rings (SSSR count). The Kier molecular flexibility index (Phi) is 8.75. The molecule has 3 nitrogen and oxygen atoms in total. The minimum Gasteiger partial charge on any atom is -0.309 e. The van der Waals surface area contributed by atoms with Gasteiger partial charge in [0, 0.05) is 38.6 Å². The Labute approximate surface area is 383 Å². The maximum absolute atomic E-state index is 2.50. The van der Waals surface area contributed by atoms with Gasteiger partial charge < -0.3 is 14.0 Å². The van der Waals surface area contributed by atoms with Crippen molar-refractivity contribution in [2.24, 2.45) is 0 Å². The zero-order valence-electron chi connectivity index (χ0n) is 36.4. The highest BCUT2D eigenvalue weighted by Crippen LogP contribution is 2.48. The highest BCUT2D eigenvalue weighted by Gasteiger charge is 2.25. The van der Waals surface area contributed by atoms with Crippen LogP contribution in [0.3, 0.4) is 0 Å². The van der Waals surface area contributed by atoms with Crippen molar-refractivity contribution in [1.82, 2.24) is 9.13 Å². The summed E-state index contributed by atoms with van der Waals surface area (Å²) in [7, 11) is 0. The second-order valence-electron chi connectivity index (χ2n) is 17.4. The molecule has 0 amide bonds. The molecule has 0 bridgehead atoms. The Morgan fingerprint density at radius 2 is 0.712 bits per heavy atom. The van der Waals surface area contributed by atoms with Gasteiger partial charge in [-0.1, -0.05) is 175 Å². The molecule has 13 aromatic rings.